The molecule has 0 spiro atoms. The first kappa shape index (κ1) is 19.8. The average Bonchev–Trinajstić information content (AvgIpc) is 3.25. The first-order valence-corrected chi connectivity index (χ1v) is 11.1. The molecule has 0 radical (unpaired) electrons. The molecule has 0 aliphatic heterocycles. The fourth-order valence-corrected chi connectivity index (χ4v) is 4.59. The summed E-state index contributed by atoms with van der Waals surface area (Å²) in [5.41, 5.74) is 6.02. The number of halogens is 1. The molecule has 0 unspecified atom stereocenters. The van der Waals surface area contributed by atoms with Crippen molar-refractivity contribution in [3.8, 4) is 5.75 Å². The van der Waals surface area contributed by atoms with Gasteiger partial charge in [-0.3, -0.25) is 4.79 Å². The van der Waals surface area contributed by atoms with Gasteiger partial charge in [0.2, 0.25) is 0 Å². The van der Waals surface area contributed by atoms with E-state index < -0.39 is 0 Å². The molecule has 0 aliphatic rings. The van der Waals surface area contributed by atoms with Crippen LogP contribution in [0.1, 0.15) is 22.3 Å². The van der Waals surface area contributed by atoms with E-state index in [0.717, 1.165) is 38.4 Å². The number of fused-ring (bicyclic) bond motifs is 3. The van der Waals surface area contributed by atoms with Crippen LogP contribution in [0.2, 0.25) is 5.02 Å². The van der Waals surface area contributed by atoms with Crippen molar-refractivity contribution in [2.75, 3.05) is 0 Å². The highest BCUT2D eigenvalue weighted by atomic mass is 35.5. The standard InChI is InChI=1S/C25H19ClN2O2S/c1-15-11-21-22(12-16(15)2)28-24(29)23(31-25(28)27-21)13-17-5-9-20(10-6-17)30-14-18-3-7-19(26)8-4-18/h3-13H,14H2,1-2H3/b23-13-. The van der Waals surface area contributed by atoms with Gasteiger partial charge in [-0.25, -0.2) is 9.38 Å². The number of ether oxygens (including phenoxy) is 1. The van der Waals surface area contributed by atoms with E-state index in [2.05, 4.69) is 18.8 Å². The molecule has 154 valence electrons. The maximum atomic E-state index is 13.0. The van der Waals surface area contributed by atoms with Crippen LogP contribution in [0.15, 0.2) is 65.5 Å². The smallest absolute Gasteiger partial charge is 0.274 e. The van der Waals surface area contributed by atoms with Crippen LogP contribution in [0, 0.1) is 13.8 Å². The monoisotopic (exact) mass is 446 g/mol. The van der Waals surface area contributed by atoms with Crippen LogP contribution in [-0.2, 0) is 6.61 Å². The number of aryl methyl sites for hydroxylation is 2. The second-order valence-electron chi connectivity index (χ2n) is 7.55. The third kappa shape index (κ3) is 3.82. The molecule has 3 aromatic carbocycles. The molecule has 0 aliphatic carbocycles. The second kappa shape index (κ2) is 7.84. The van der Waals surface area contributed by atoms with E-state index in [1.807, 2.05) is 66.7 Å². The number of benzene rings is 3. The number of rotatable bonds is 4. The summed E-state index contributed by atoms with van der Waals surface area (Å²) in [4.78, 5) is 18.4. The highest BCUT2D eigenvalue weighted by Gasteiger charge is 2.12. The van der Waals surface area contributed by atoms with Crippen molar-refractivity contribution in [3.05, 3.63) is 103 Å². The van der Waals surface area contributed by atoms with Gasteiger partial charge < -0.3 is 4.74 Å². The molecule has 2 aromatic heterocycles. The third-order valence-electron chi connectivity index (χ3n) is 5.35. The summed E-state index contributed by atoms with van der Waals surface area (Å²) < 4.78 is 8.21. The minimum Gasteiger partial charge on any atom is -0.489 e. The summed E-state index contributed by atoms with van der Waals surface area (Å²) in [5.74, 6) is 0.771. The van der Waals surface area contributed by atoms with Crippen LogP contribution in [0.25, 0.3) is 22.1 Å². The molecular formula is C25H19ClN2O2S. The molecule has 0 fully saturated rings. The summed E-state index contributed by atoms with van der Waals surface area (Å²) in [7, 11) is 0. The molecular weight excluding hydrogens is 428 g/mol. The van der Waals surface area contributed by atoms with Crippen LogP contribution >= 0.6 is 22.9 Å². The summed E-state index contributed by atoms with van der Waals surface area (Å²) >= 11 is 7.32. The Hall–Kier alpha value is -3.15. The third-order valence-corrected chi connectivity index (χ3v) is 6.57. The quantitative estimate of drug-likeness (QED) is 0.376. The van der Waals surface area contributed by atoms with Gasteiger partial charge in [-0.05, 0) is 78.6 Å². The predicted octanol–water partition coefficient (Wildman–Crippen LogP) is 5.31. The van der Waals surface area contributed by atoms with E-state index in [1.54, 1.807) is 4.40 Å². The van der Waals surface area contributed by atoms with Crippen LogP contribution in [0.3, 0.4) is 0 Å². The zero-order valence-electron chi connectivity index (χ0n) is 17.1. The summed E-state index contributed by atoms with van der Waals surface area (Å²) in [6.45, 7) is 4.58. The van der Waals surface area contributed by atoms with Crippen molar-refractivity contribution in [3.63, 3.8) is 0 Å². The second-order valence-corrected chi connectivity index (χ2v) is 9.00. The molecule has 5 rings (SSSR count). The summed E-state index contributed by atoms with van der Waals surface area (Å²) in [5, 5.41) is 0.709. The predicted molar refractivity (Wildman–Crippen MR) is 127 cm³/mol. The van der Waals surface area contributed by atoms with Gasteiger partial charge in [-0.2, -0.15) is 0 Å². The largest absolute Gasteiger partial charge is 0.489 e. The topological polar surface area (TPSA) is 43.6 Å². The van der Waals surface area contributed by atoms with Crippen molar-refractivity contribution < 1.29 is 4.74 Å². The van der Waals surface area contributed by atoms with Crippen LogP contribution in [-0.4, -0.2) is 9.38 Å². The molecule has 2 heterocycles. The van der Waals surface area contributed by atoms with Gasteiger partial charge >= 0.3 is 0 Å². The fraction of sp³-hybridized carbons (Fsp3) is 0.120. The van der Waals surface area contributed by atoms with Crippen LogP contribution in [0.4, 0.5) is 0 Å². The SMILES string of the molecule is Cc1cc2nc3s/c(=C\c4ccc(OCc5ccc(Cl)cc5)cc4)c(=O)n3c2cc1C. The molecule has 0 amide bonds. The first-order valence-electron chi connectivity index (χ1n) is 9.89. The van der Waals surface area contributed by atoms with E-state index in [9.17, 15) is 4.79 Å². The van der Waals surface area contributed by atoms with E-state index in [1.165, 1.54) is 16.9 Å². The number of aromatic nitrogens is 2. The fourth-order valence-electron chi connectivity index (χ4n) is 3.48. The Balaban J connectivity index is 1.42. The van der Waals surface area contributed by atoms with E-state index in [-0.39, 0.29) is 5.56 Å². The molecule has 0 saturated carbocycles. The number of thiazole rings is 1. The van der Waals surface area contributed by atoms with E-state index >= 15 is 0 Å². The van der Waals surface area contributed by atoms with Gasteiger partial charge in [0, 0.05) is 5.02 Å². The van der Waals surface area contributed by atoms with Crippen molar-refractivity contribution in [2.24, 2.45) is 0 Å². The molecule has 31 heavy (non-hydrogen) atoms. The van der Waals surface area contributed by atoms with E-state index in [0.29, 0.717) is 16.2 Å². The van der Waals surface area contributed by atoms with Crippen molar-refractivity contribution in [2.45, 2.75) is 20.5 Å². The highest BCUT2D eigenvalue weighted by Crippen LogP contribution is 2.21. The normalized spacial score (nSPS) is 12.2. The van der Waals surface area contributed by atoms with Gasteiger partial charge in [-0.1, -0.05) is 47.2 Å². The number of hydrogen-bond donors (Lipinski definition) is 0. The average molecular weight is 447 g/mol. The Kier molecular flexibility index (Phi) is 5.00. The Labute approximate surface area is 188 Å². The zero-order chi connectivity index (χ0) is 21.5. The van der Waals surface area contributed by atoms with Crippen molar-refractivity contribution in [1.29, 1.82) is 0 Å². The molecule has 5 aromatic rings. The Morgan fingerprint density at radius 1 is 1.03 bits per heavy atom. The lowest BCUT2D eigenvalue weighted by Crippen LogP contribution is -2.22. The van der Waals surface area contributed by atoms with Crippen LogP contribution in [0.5, 0.6) is 5.75 Å². The molecule has 4 nitrogen and oxygen atoms in total. The van der Waals surface area contributed by atoms with Gasteiger partial charge in [0.05, 0.1) is 15.6 Å². The maximum Gasteiger partial charge on any atom is 0.274 e. The van der Waals surface area contributed by atoms with Crippen molar-refractivity contribution in [1.82, 2.24) is 9.38 Å². The molecule has 0 saturated heterocycles. The highest BCUT2D eigenvalue weighted by molar-refractivity contribution is 7.15. The molecule has 6 heteroatoms. The molecule has 0 N–H and O–H groups in total. The lowest BCUT2D eigenvalue weighted by Gasteiger charge is -2.06. The minimum atomic E-state index is -0.0335. The summed E-state index contributed by atoms with van der Waals surface area (Å²) in [6.07, 6.45) is 1.90. The maximum absolute atomic E-state index is 13.0. The number of hydrogen-bond acceptors (Lipinski definition) is 4. The number of nitrogens with zero attached hydrogens (tertiary/aromatic N) is 2. The Bertz CT molecular complexity index is 1520. The first-order chi connectivity index (χ1) is 15.0. The molecule has 0 atom stereocenters. The van der Waals surface area contributed by atoms with Gasteiger partial charge in [-0.15, -0.1) is 0 Å². The number of imidazole rings is 1. The summed E-state index contributed by atoms with van der Waals surface area (Å²) in [6, 6.07) is 19.4. The Morgan fingerprint density at radius 2 is 1.74 bits per heavy atom. The van der Waals surface area contributed by atoms with Crippen LogP contribution < -0.4 is 14.8 Å². The minimum absolute atomic E-state index is 0.0335. The van der Waals surface area contributed by atoms with E-state index in [4.69, 9.17) is 16.3 Å². The Morgan fingerprint density at radius 3 is 2.48 bits per heavy atom. The molecule has 0 bridgehead atoms. The van der Waals surface area contributed by atoms with Gasteiger partial charge in [0.1, 0.15) is 12.4 Å². The van der Waals surface area contributed by atoms with Gasteiger partial charge in [0.25, 0.3) is 5.56 Å². The van der Waals surface area contributed by atoms with Gasteiger partial charge in [0.15, 0.2) is 4.96 Å². The van der Waals surface area contributed by atoms with Crippen molar-refractivity contribution >= 4 is 45.0 Å². The lowest BCUT2D eigenvalue weighted by atomic mass is 10.1. The zero-order valence-corrected chi connectivity index (χ0v) is 18.6. The lowest BCUT2D eigenvalue weighted by molar-refractivity contribution is 0.306.